The summed E-state index contributed by atoms with van der Waals surface area (Å²) in [6.45, 7) is 3.07. The van der Waals surface area contributed by atoms with Gasteiger partial charge in [-0.25, -0.2) is 0 Å². The largest absolute Gasteiger partial charge is 0.295 e. The quantitative estimate of drug-likeness (QED) is 0.776. The summed E-state index contributed by atoms with van der Waals surface area (Å²) in [5, 5.41) is 0.694. The number of rotatable bonds is 5. The normalized spacial score (nSPS) is 10.8. The molecule has 0 aliphatic rings. The monoisotopic (exact) mass is 287 g/mol. The van der Waals surface area contributed by atoms with Crippen molar-refractivity contribution in [3.8, 4) is 0 Å². The molecule has 0 aliphatic heterocycles. The zero-order valence-corrected chi connectivity index (χ0v) is 12.5. The van der Waals surface area contributed by atoms with Gasteiger partial charge >= 0.3 is 0 Å². The first kappa shape index (κ1) is 14.8. The fraction of sp³-hybridized carbons (Fsp3) is 0.235. The van der Waals surface area contributed by atoms with Crippen molar-refractivity contribution in [2.24, 2.45) is 0 Å². The summed E-state index contributed by atoms with van der Waals surface area (Å²) in [5.74, 6) is 0.114. The van der Waals surface area contributed by atoms with Gasteiger partial charge in [-0.15, -0.1) is 0 Å². The van der Waals surface area contributed by atoms with Crippen molar-refractivity contribution in [1.82, 2.24) is 4.90 Å². The lowest BCUT2D eigenvalue weighted by Gasteiger charge is -2.16. The van der Waals surface area contributed by atoms with Gasteiger partial charge in [-0.2, -0.15) is 0 Å². The van der Waals surface area contributed by atoms with Gasteiger partial charge in [-0.1, -0.05) is 41.9 Å². The number of aryl methyl sites for hydroxylation is 1. The predicted octanol–water partition coefficient (Wildman–Crippen LogP) is 3.96. The molecular weight excluding hydrogens is 270 g/mol. The van der Waals surface area contributed by atoms with E-state index in [9.17, 15) is 4.79 Å². The Bertz CT molecular complexity index is 595. The Morgan fingerprint density at radius 2 is 1.85 bits per heavy atom. The van der Waals surface area contributed by atoms with E-state index in [0.29, 0.717) is 17.1 Å². The number of hydrogen-bond donors (Lipinski definition) is 0. The van der Waals surface area contributed by atoms with Gasteiger partial charge in [0.25, 0.3) is 0 Å². The van der Waals surface area contributed by atoms with E-state index in [2.05, 4.69) is 12.1 Å². The van der Waals surface area contributed by atoms with Crippen molar-refractivity contribution in [2.45, 2.75) is 13.5 Å². The zero-order chi connectivity index (χ0) is 14.5. The topological polar surface area (TPSA) is 20.3 Å². The molecule has 0 bridgehead atoms. The standard InChI is InChI=1S/C17H18ClNO/c1-13-10-15(8-9-16(13)18)17(20)12-19(2)11-14-6-4-3-5-7-14/h3-10H,11-12H2,1-2H3. The second kappa shape index (κ2) is 6.69. The third kappa shape index (κ3) is 3.92. The molecule has 3 heteroatoms. The molecule has 0 heterocycles. The molecule has 0 saturated heterocycles. The van der Waals surface area contributed by atoms with E-state index < -0.39 is 0 Å². The van der Waals surface area contributed by atoms with Crippen LogP contribution in [0.25, 0.3) is 0 Å². The lowest BCUT2D eigenvalue weighted by atomic mass is 10.1. The molecule has 2 aromatic rings. The summed E-state index contributed by atoms with van der Waals surface area (Å²) < 4.78 is 0. The number of carbonyl (C=O) groups is 1. The Hall–Kier alpha value is -1.64. The number of ketones is 1. The molecule has 0 aliphatic carbocycles. The van der Waals surface area contributed by atoms with E-state index in [0.717, 1.165) is 12.1 Å². The van der Waals surface area contributed by atoms with Crippen LogP contribution in [-0.4, -0.2) is 24.3 Å². The van der Waals surface area contributed by atoms with Crippen LogP contribution in [0.4, 0.5) is 0 Å². The van der Waals surface area contributed by atoms with E-state index in [1.54, 1.807) is 12.1 Å². The van der Waals surface area contributed by atoms with Crippen molar-refractivity contribution in [3.63, 3.8) is 0 Å². The van der Waals surface area contributed by atoms with Gasteiger partial charge in [0.15, 0.2) is 5.78 Å². The minimum Gasteiger partial charge on any atom is -0.295 e. The van der Waals surface area contributed by atoms with Crippen molar-refractivity contribution in [3.05, 3.63) is 70.2 Å². The predicted molar refractivity (Wildman–Crippen MR) is 83.3 cm³/mol. The van der Waals surface area contributed by atoms with Gasteiger partial charge in [0.1, 0.15) is 0 Å². The third-order valence-electron chi connectivity index (χ3n) is 3.19. The highest BCUT2D eigenvalue weighted by Gasteiger charge is 2.10. The number of halogens is 1. The summed E-state index contributed by atoms with van der Waals surface area (Å²) in [6.07, 6.45) is 0. The Morgan fingerprint density at radius 3 is 2.50 bits per heavy atom. The smallest absolute Gasteiger partial charge is 0.176 e. The van der Waals surface area contributed by atoms with Gasteiger partial charge in [0, 0.05) is 17.1 Å². The third-order valence-corrected chi connectivity index (χ3v) is 3.61. The first-order valence-electron chi connectivity index (χ1n) is 6.58. The molecule has 0 N–H and O–H groups in total. The number of benzene rings is 2. The second-order valence-electron chi connectivity index (χ2n) is 5.05. The number of carbonyl (C=O) groups excluding carboxylic acids is 1. The maximum atomic E-state index is 12.2. The van der Waals surface area contributed by atoms with E-state index in [1.165, 1.54) is 5.56 Å². The Kier molecular flexibility index (Phi) is 4.94. The van der Waals surface area contributed by atoms with Gasteiger partial charge < -0.3 is 0 Å². The van der Waals surface area contributed by atoms with Crippen LogP contribution >= 0.6 is 11.6 Å². The fourth-order valence-corrected chi connectivity index (χ4v) is 2.22. The summed E-state index contributed by atoms with van der Waals surface area (Å²) in [5.41, 5.74) is 2.85. The van der Waals surface area contributed by atoms with Crippen LogP contribution in [0.3, 0.4) is 0 Å². The van der Waals surface area contributed by atoms with Crippen LogP contribution in [-0.2, 0) is 6.54 Å². The van der Waals surface area contributed by atoms with Crippen molar-refractivity contribution >= 4 is 17.4 Å². The Morgan fingerprint density at radius 1 is 1.15 bits per heavy atom. The minimum absolute atomic E-state index is 0.114. The molecular formula is C17H18ClNO. The summed E-state index contributed by atoms with van der Waals surface area (Å²) in [4.78, 5) is 14.2. The van der Waals surface area contributed by atoms with Crippen LogP contribution in [0.15, 0.2) is 48.5 Å². The van der Waals surface area contributed by atoms with Crippen molar-refractivity contribution in [2.75, 3.05) is 13.6 Å². The lowest BCUT2D eigenvalue weighted by Crippen LogP contribution is -2.25. The number of hydrogen-bond acceptors (Lipinski definition) is 2. The summed E-state index contributed by atoms with van der Waals surface area (Å²) >= 11 is 5.98. The lowest BCUT2D eigenvalue weighted by molar-refractivity contribution is 0.0943. The summed E-state index contributed by atoms with van der Waals surface area (Å²) in [6, 6.07) is 15.5. The molecule has 2 nitrogen and oxygen atoms in total. The highest BCUT2D eigenvalue weighted by atomic mass is 35.5. The van der Waals surface area contributed by atoms with Gasteiger partial charge in [-0.05, 0) is 43.3 Å². The number of nitrogens with zero attached hydrogens (tertiary/aromatic N) is 1. The second-order valence-corrected chi connectivity index (χ2v) is 5.45. The van der Waals surface area contributed by atoms with E-state index in [1.807, 2.05) is 43.1 Å². The van der Waals surface area contributed by atoms with E-state index in [-0.39, 0.29) is 5.78 Å². The Balaban J connectivity index is 1.98. The Labute approximate surface area is 125 Å². The maximum Gasteiger partial charge on any atom is 0.176 e. The first-order chi connectivity index (χ1) is 9.56. The SMILES string of the molecule is Cc1cc(C(=O)CN(C)Cc2ccccc2)ccc1Cl. The molecule has 20 heavy (non-hydrogen) atoms. The maximum absolute atomic E-state index is 12.2. The average molecular weight is 288 g/mol. The molecule has 0 aromatic heterocycles. The van der Waals surface area contributed by atoms with Crippen molar-refractivity contribution in [1.29, 1.82) is 0 Å². The average Bonchev–Trinajstić information content (AvgIpc) is 2.42. The molecule has 0 saturated carbocycles. The summed E-state index contributed by atoms with van der Waals surface area (Å²) in [7, 11) is 1.95. The number of Topliss-reactive ketones (excluding diaryl/α,β-unsaturated/α-hetero) is 1. The molecule has 0 fully saturated rings. The van der Waals surface area contributed by atoms with E-state index in [4.69, 9.17) is 11.6 Å². The van der Waals surface area contributed by atoms with Gasteiger partial charge in [0.05, 0.1) is 6.54 Å². The van der Waals surface area contributed by atoms with E-state index >= 15 is 0 Å². The molecule has 2 rings (SSSR count). The highest BCUT2D eigenvalue weighted by molar-refractivity contribution is 6.31. The molecule has 0 amide bonds. The first-order valence-corrected chi connectivity index (χ1v) is 6.96. The molecule has 0 radical (unpaired) electrons. The van der Waals surface area contributed by atoms with Gasteiger partial charge in [0.2, 0.25) is 0 Å². The molecule has 0 atom stereocenters. The zero-order valence-electron chi connectivity index (χ0n) is 11.8. The molecule has 104 valence electrons. The minimum atomic E-state index is 0.114. The highest BCUT2D eigenvalue weighted by Crippen LogP contribution is 2.17. The van der Waals surface area contributed by atoms with Crippen LogP contribution in [0.2, 0.25) is 5.02 Å². The van der Waals surface area contributed by atoms with Crippen LogP contribution in [0.1, 0.15) is 21.5 Å². The van der Waals surface area contributed by atoms with Crippen molar-refractivity contribution < 1.29 is 4.79 Å². The number of likely N-dealkylation sites (N-methyl/N-ethyl adjacent to an activating group) is 1. The van der Waals surface area contributed by atoms with Gasteiger partial charge in [-0.3, -0.25) is 9.69 Å². The van der Waals surface area contributed by atoms with Crippen LogP contribution in [0, 0.1) is 6.92 Å². The molecule has 0 unspecified atom stereocenters. The fourth-order valence-electron chi connectivity index (χ4n) is 2.11. The van der Waals surface area contributed by atoms with Crippen LogP contribution < -0.4 is 0 Å². The van der Waals surface area contributed by atoms with Crippen LogP contribution in [0.5, 0.6) is 0 Å². The molecule has 0 spiro atoms. The molecule has 2 aromatic carbocycles.